The fourth-order valence-corrected chi connectivity index (χ4v) is 5.62. The second-order valence-electron chi connectivity index (χ2n) is 9.47. The van der Waals surface area contributed by atoms with Gasteiger partial charge in [-0.25, -0.2) is 0 Å². The molecule has 4 nitrogen and oxygen atoms in total. The number of hydrogen-bond donors (Lipinski definition) is 0. The minimum atomic E-state index is -0.459. The Labute approximate surface area is 204 Å². The van der Waals surface area contributed by atoms with Crippen molar-refractivity contribution in [3.63, 3.8) is 0 Å². The maximum absolute atomic E-state index is 13.2. The van der Waals surface area contributed by atoms with Gasteiger partial charge in [0.15, 0.2) is 22.4 Å². The van der Waals surface area contributed by atoms with Crippen molar-refractivity contribution in [2.24, 2.45) is 11.8 Å². The first-order chi connectivity index (χ1) is 17.5. The number of carbonyl (C=O) groups is 2. The lowest BCUT2D eigenvalue weighted by atomic mass is 9.72. The quantitative estimate of drug-likeness (QED) is 0.272. The molecule has 0 radical (unpaired) electrons. The minimum absolute atomic E-state index is 0.0466. The first-order valence-corrected chi connectivity index (χ1v) is 11.9. The van der Waals surface area contributed by atoms with Crippen LogP contribution in [-0.2, 0) is 0 Å². The van der Waals surface area contributed by atoms with Gasteiger partial charge in [0.2, 0.25) is 0 Å². The Bertz CT molecular complexity index is 1890. The molecule has 2 unspecified atom stereocenters. The third-order valence-electron chi connectivity index (χ3n) is 7.51. The molecular weight excluding hydrogens is 448 g/mol. The molecule has 170 valence electrons. The molecule has 0 aromatic heterocycles. The molecule has 0 bridgehead atoms. The molecule has 0 aliphatic heterocycles. The predicted molar refractivity (Wildman–Crippen MR) is 143 cm³/mol. The van der Waals surface area contributed by atoms with Crippen LogP contribution < -0.4 is 10.9 Å². The first kappa shape index (κ1) is 20.7. The summed E-state index contributed by atoms with van der Waals surface area (Å²) in [6, 6.07) is 21.6. The highest BCUT2D eigenvalue weighted by Gasteiger charge is 2.39. The van der Waals surface area contributed by atoms with Crippen LogP contribution in [0.3, 0.4) is 0 Å². The maximum atomic E-state index is 13.2. The van der Waals surface area contributed by atoms with E-state index in [0.29, 0.717) is 32.7 Å². The molecule has 5 aromatic rings. The van der Waals surface area contributed by atoms with Gasteiger partial charge in [-0.2, -0.15) is 0 Å². The molecule has 7 rings (SSSR count). The van der Waals surface area contributed by atoms with Gasteiger partial charge >= 0.3 is 0 Å². The van der Waals surface area contributed by atoms with Crippen LogP contribution in [0, 0.1) is 11.8 Å². The van der Waals surface area contributed by atoms with E-state index in [9.17, 15) is 19.2 Å². The van der Waals surface area contributed by atoms with Gasteiger partial charge < -0.3 is 0 Å². The van der Waals surface area contributed by atoms with Gasteiger partial charge in [-0.1, -0.05) is 72.8 Å². The zero-order valence-corrected chi connectivity index (χ0v) is 19.0. The van der Waals surface area contributed by atoms with E-state index >= 15 is 0 Å². The lowest BCUT2D eigenvalue weighted by Gasteiger charge is -2.28. The van der Waals surface area contributed by atoms with Gasteiger partial charge in [0.25, 0.3) is 0 Å². The normalized spacial score (nSPS) is 18.7. The van der Waals surface area contributed by atoms with Gasteiger partial charge in [-0.15, -0.1) is 0 Å². The summed E-state index contributed by atoms with van der Waals surface area (Å²) in [5.74, 6) is -1.01. The van der Waals surface area contributed by atoms with E-state index in [-0.39, 0.29) is 22.4 Å². The highest BCUT2D eigenvalue weighted by Crippen LogP contribution is 2.36. The van der Waals surface area contributed by atoms with E-state index in [1.54, 1.807) is 60.7 Å². The summed E-state index contributed by atoms with van der Waals surface area (Å²) >= 11 is 0. The van der Waals surface area contributed by atoms with Gasteiger partial charge in [-0.05, 0) is 45.8 Å². The van der Waals surface area contributed by atoms with E-state index in [0.717, 1.165) is 21.5 Å². The number of Topliss-reactive ketones (excluding diaryl/α,β-unsaturated/α-hetero) is 2. The van der Waals surface area contributed by atoms with Crippen LogP contribution in [0.1, 0.15) is 20.7 Å². The van der Waals surface area contributed by atoms with Crippen LogP contribution >= 0.6 is 0 Å². The highest BCUT2D eigenvalue weighted by atomic mass is 16.1. The molecule has 0 heterocycles. The molecule has 0 saturated carbocycles. The van der Waals surface area contributed by atoms with E-state index < -0.39 is 11.8 Å². The summed E-state index contributed by atoms with van der Waals surface area (Å²) in [7, 11) is 0. The molecule has 0 amide bonds. The standard InChI is InChI=1S/C32H18O4/c33-29-21-5-1-2-6-22(21)30(34)26-14-18-11-12-20-16-28-27(15-19(20)10-9-17(18)13-25(26)29)31(35)23-7-3-4-8-24(23)32(28)36/h1-16,21-22H. The van der Waals surface area contributed by atoms with Crippen LogP contribution in [-0.4, -0.2) is 11.6 Å². The smallest absolute Gasteiger partial charge is 0.194 e. The maximum Gasteiger partial charge on any atom is 0.194 e. The zero-order valence-electron chi connectivity index (χ0n) is 19.0. The second kappa shape index (κ2) is 7.40. The molecular formula is C32H18O4. The van der Waals surface area contributed by atoms with E-state index in [4.69, 9.17) is 0 Å². The third-order valence-corrected chi connectivity index (χ3v) is 7.51. The van der Waals surface area contributed by atoms with Crippen LogP contribution in [0.4, 0.5) is 0 Å². The SMILES string of the molecule is O=C1c2cc3ccc4cc5c(=O)c6ccccc6c(=O)c5cc4ccc3cc2C(=O)C2C=CC=CC12. The summed E-state index contributed by atoms with van der Waals surface area (Å²) in [5, 5.41) is 4.87. The van der Waals surface area contributed by atoms with Crippen molar-refractivity contribution in [1.82, 2.24) is 0 Å². The predicted octanol–water partition coefficient (Wildman–Crippen LogP) is 5.76. The lowest BCUT2D eigenvalue weighted by molar-refractivity contribution is 0.0802. The summed E-state index contributed by atoms with van der Waals surface area (Å²) in [6.07, 6.45) is 7.23. The average molecular weight is 466 g/mol. The Balaban J connectivity index is 1.51. The Morgan fingerprint density at radius 3 is 1.25 bits per heavy atom. The molecule has 5 aromatic carbocycles. The monoisotopic (exact) mass is 466 g/mol. The van der Waals surface area contributed by atoms with Crippen molar-refractivity contribution in [1.29, 1.82) is 0 Å². The Morgan fingerprint density at radius 2 is 0.833 bits per heavy atom. The summed E-state index contributed by atoms with van der Waals surface area (Å²) in [5.41, 5.74) is 0.568. The van der Waals surface area contributed by atoms with Crippen molar-refractivity contribution in [3.8, 4) is 0 Å². The van der Waals surface area contributed by atoms with Crippen LogP contribution in [0.2, 0.25) is 0 Å². The van der Waals surface area contributed by atoms with Crippen LogP contribution in [0.25, 0.3) is 43.1 Å². The van der Waals surface area contributed by atoms with Gasteiger partial charge in [-0.3, -0.25) is 19.2 Å². The van der Waals surface area contributed by atoms with Crippen molar-refractivity contribution in [3.05, 3.63) is 129 Å². The fraction of sp³-hybridized carbons (Fsp3) is 0.0625. The topological polar surface area (TPSA) is 68.3 Å². The number of rotatable bonds is 0. The summed E-state index contributed by atoms with van der Waals surface area (Å²) in [4.78, 5) is 52.7. The lowest BCUT2D eigenvalue weighted by Crippen LogP contribution is -2.35. The summed E-state index contributed by atoms with van der Waals surface area (Å²) < 4.78 is 0. The van der Waals surface area contributed by atoms with Gasteiger partial charge in [0.1, 0.15) is 0 Å². The average Bonchev–Trinajstić information content (AvgIpc) is 2.91. The Morgan fingerprint density at radius 1 is 0.444 bits per heavy atom. The molecule has 0 saturated heterocycles. The van der Waals surface area contributed by atoms with E-state index in [2.05, 4.69) is 0 Å². The van der Waals surface area contributed by atoms with Gasteiger partial charge in [0, 0.05) is 32.7 Å². The molecule has 0 fully saturated rings. The molecule has 2 aliphatic carbocycles. The molecule has 2 atom stereocenters. The van der Waals surface area contributed by atoms with E-state index in [1.165, 1.54) is 0 Å². The number of hydrogen-bond acceptors (Lipinski definition) is 4. The zero-order chi connectivity index (χ0) is 24.6. The number of carbonyl (C=O) groups excluding carboxylic acids is 2. The molecule has 4 heteroatoms. The minimum Gasteiger partial charge on any atom is -0.293 e. The van der Waals surface area contributed by atoms with Crippen LogP contribution in [0.15, 0.2) is 107 Å². The Hall–Kier alpha value is -4.70. The molecule has 0 N–H and O–H groups in total. The van der Waals surface area contributed by atoms with Crippen molar-refractivity contribution in [2.75, 3.05) is 0 Å². The molecule has 36 heavy (non-hydrogen) atoms. The number of ketones is 2. The van der Waals surface area contributed by atoms with Crippen molar-refractivity contribution < 1.29 is 9.59 Å². The number of allylic oxidation sites excluding steroid dienone is 4. The van der Waals surface area contributed by atoms with Crippen molar-refractivity contribution in [2.45, 2.75) is 0 Å². The van der Waals surface area contributed by atoms with Crippen molar-refractivity contribution >= 4 is 54.7 Å². The highest BCUT2D eigenvalue weighted by molar-refractivity contribution is 6.19. The number of fused-ring (bicyclic) bond motifs is 6. The van der Waals surface area contributed by atoms with Crippen LogP contribution in [0.5, 0.6) is 0 Å². The fourth-order valence-electron chi connectivity index (χ4n) is 5.62. The molecule has 0 spiro atoms. The Kier molecular flexibility index (Phi) is 4.24. The second-order valence-corrected chi connectivity index (χ2v) is 9.47. The largest absolute Gasteiger partial charge is 0.293 e. The van der Waals surface area contributed by atoms with E-state index in [1.807, 2.05) is 36.4 Å². The third kappa shape index (κ3) is 2.82. The first-order valence-electron chi connectivity index (χ1n) is 11.9. The number of benzene rings is 4. The summed E-state index contributed by atoms with van der Waals surface area (Å²) in [6.45, 7) is 0. The van der Waals surface area contributed by atoms with Gasteiger partial charge in [0.05, 0.1) is 11.8 Å². The molecule has 2 aliphatic rings.